The number of aromatic nitrogens is 1. The standard InChI is InChI=1S/C10H12N2O3S2/c1-6-4-5-16-10(6)17(13,14)12-9-7(2)8(3)15-11-9/h4-5H,1-3H3,(H,11,12). The van der Waals surface area contributed by atoms with Crippen molar-refractivity contribution in [3.05, 3.63) is 28.3 Å². The van der Waals surface area contributed by atoms with Gasteiger partial charge in [0.1, 0.15) is 9.97 Å². The Morgan fingerprint density at radius 1 is 1.35 bits per heavy atom. The minimum atomic E-state index is -3.56. The molecule has 17 heavy (non-hydrogen) atoms. The maximum Gasteiger partial charge on any atom is 0.272 e. The number of nitrogens with zero attached hydrogens (tertiary/aromatic N) is 1. The second kappa shape index (κ2) is 4.15. The van der Waals surface area contributed by atoms with Gasteiger partial charge in [-0.05, 0) is 37.8 Å². The van der Waals surface area contributed by atoms with E-state index >= 15 is 0 Å². The molecule has 2 aromatic heterocycles. The van der Waals surface area contributed by atoms with Crippen molar-refractivity contribution in [3.63, 3.8) is 0 Å². The van der Waals surface area contributed by atoms with Crippen molar-refractivity contribution in [3.8, 4) is 0 Å². The van der Waals surface area contributed by atoms with Gasteiger partial charge in [0.2, 0.25) is 0 Å². The second-order valence-electron chi connectivity index (χ2n) is 3.71. The highest BCUT2D eigenvalue weighted by atomic mass is 32.2. The van der Waals surface area contributed by atoms with Gasteiger partial charge in [0.05, 0.1) is 0 Å². The first kappa shape index (κ1) is 12.1. The van der Waals surface area contributed by atoms with E-state index < -0.39 is 10.0 Å². The van der Waals surface area contributed by atoms with E-state index in [1.54, 1.807) is 32.2 Å². The highest BCUT2D eigenvalue weighted by molar-refractivity contribution is 7.94. The monoisotopic (exact) mass is 272 g/mol. The maximum absolute atomic E-state index is 12.1. The number of rotatable bonds is 3. The third-order valence-electron chi connectivity index (χ3n) is 2.45. The first-order chi connectivity index (χ1) is 7.92. The molecule has 0 aromatic carbocycles. The number of aryl methyl sites for hydroxylation is 2. The van der Waals surface area contributed by atoms with E-state index in [9.17, 15) is 8.42 Å². The van der Waals surface area contributed by atoms with Crippen LogP contribution in [0.3, 0.4) is 0 Å². The topological polar surface area (TPSA) is 72.2 Å². The Labute approximate surface area is 103 Å². The van der Waals surface area contributed by atoms with E-state index in [2.05, 4.69) is 9.88 Å². The van der Waals surface area contributed by atoms with Crippen molar-refractivity contribution in [2.45, 2.75) is 25.0 Å². The zero-order valence-electron chi connectivity index (χ0n) is 9.64. The van der Waals surface area contributed by atoms with Gasteiger partial charge >= 0.3 is 0 Å². The molecule has 2 aromatic rings. The fraction of sp³-hybridized carbons (Fsp3) is 0.300. The third-order valence-corrected chi connectivity index (χ3v) is 5.47. The molecule has 2 heterocycles. The van der Waals surface area contributed by atoms with Crippen molar-refractivity contribution in [1.82, 2.24) is 5.16 Å². The maximum atomic E-state index is 12.1. The molecule has 0 saturated carbocycles. The molecule has 7 heteroatoms. The smallest absolute Gasteiger partial charge is 0.272 e. The quantitative estimate of drug-likeness (QED) is 0.931. The summed E-state index contributed by atoms with van der Waals surface area (Å²) < 4.78 is 31.8. The van der Waals surface area contributed by atoms with Crippen LogP contribution in [0.25, 0.3) is 0 Å². The fourth-order valence-corrected chi connectivity index (χ4v) is 3.80. The molecule has 0 atom stereocenters. The zero-order valence-corrected chi connectivity index (χ0v) is 11.3. The summed E-state index contributed by atoms with van der Waals surface area (Å²) >= 11 is 1.18. The van der Waals surface area contributed by atoms with Gasteiger partial charge in [0, 0.05) is 5.56 Å². The van der Waals surface area contributed by atoms with E-state index in [-0.39, 0.29) is 5.82 Å². The van der Waals surface area contributed by atoms with Gasteiger partial charge in [-0.3, -0.25) is 4.72 Å². The molecule has 5 nitrogen and oxygen atoms in total. The van der Waals surface area contributed by atoms with E-state index in [1.165, 1.54) is 11.3 Å². The Morgan fingerprint density at radius 2 is 2.06 bits per heavy atom. The highest BCUT2D eigenvalue weighted by Gasteiger charge is 2.21. The first-order valence-corrected chi connectivity index (χ1v) is 7.28. The molecule has 0 saturated heterocycles. The van der Waals surface area contributed by atoms with Crippen LogP contribution in [0.4, 0.5) is 5.82 Å². The zero-order chi connectivity index (χ0) is 12.6. The van der Waals surface area contributed by atoms with E-state index in [0.29, 0.717) is 15.5 Å². The molecule has 0 aliphatic carbocycles. The number of thiophene rings is 1. The minimum absolute atomic E-state index is 0.246. The Hall–Kier alpha value is -1.34. The van der Waals surface area contributed by atoms with Gasteiger partial charge < -0.3 is 4.52 Å². The summed E-state index contributed by atoms with van der Waals surface area (Å²) in [6.45, 7) is 5.24. The summed E-state index contributed by atoms with van der Waals surface area (Å²) in [4.78, 5) is 0. The van der Waals surface area contributed by atoms with Crippen molar-refractivity contribution >= 4 is 27.2 Å². The predicted molar refractivity (Wildman–Crippen MR) is 65.8 cm³/mol. The van der Waals surface area contributed by atoms with Crippen molar-refractivity contribution < 1.29 is 12.9 Å². The summed E-state index contributed by atoms with van der Waals surface area (Å²) in [5.74, 6) is 0.848. The Balaban J connectivity index is 2.37. The van der Waals surface area contributed by atoms with Gasteiger partial charge in [-0.25, -0.2) is 8.42 Å². The summed E-state index contributed by atoms with van der Waals surface area (Å²) in [6.07, 6.45) is 0. The summed E-state index contributed by atoms with van der Waals surface area (Å²) in [7, 11) is -3.56. The molecule has 0 amide bonds. The van der Waals surface area contributed by atoms with Crippen LogP contribution in [0.2, 0.25) is 0 Å². The van der Waals surface area contributed by atoms with Crippen LogP contribution in [-0.4, -0.2) is 13.6 Å². The molecule has 0 spiro atoms. The Bertz CT molecular complexity index is 640. The SMILES string of the molecule is Cc1ccsc1S(=O)(=O)Nc1noc(C)c1C. The van der Waals surface area contributed by atoms with Gasteiger partial charge in [0.15, 0.2) is 5.82 Å². The molecule has 0 fully saturated rings. The van der Waals surface area contributed by atoms with Gasteiger partial charge in [-0.1, -0.05) is 5.16 Å². The van der Waals surface area contributed by atoms with Crippen LogP contribution in [0.5, 0.6) is 0 Å². The van der Waals surface area contributed by atoms with Crippen LogP contribution >= 0.6 is 11.3 Å². The van der Waals surface area contributed by atoms with Crippen LogP contribution in [0, 0.1) is 20.8 Å². The molecular weight excluding hydrogens is 260 g/mol. The molecule has 0 aliphatic rings. The van der Waals surface area contributed by atoms with Crippen LogP contribution in [-0.2, 0) is 10.0 Å². The first-order valence-electron chi connectivity index (χ1n) is 4.91. The van der Waals surface area contributed by atoms with Gasteiger partial charge in [-0.2, -0.15) is 0 Å². The highest BCUT2D eigenvalue weighted by Crippen LogP contribution is 2.25. The van der Waals surface area contributed by atoms with Crippen molar-refractivity contribution in [1.29, 1.82) is 0 Å². The molecule has 0 radical (unpaired) electrons. The molecular formula is C10H12N2O3S2. The van der Waals surface area contributed by atoms with Crippen LogP contribution in [0.15, 0.2) is 20.2 Å². The number of sulfonamides is 1. The van der Waals surface area contributed by atoms with E-state index in [4.69, 9.17) is 4.52 Å². The second-order valence-corrected chi connectivity index (χ2v) is 6.50. The number of hydrogen-bond donors (Lipinski definition) is 1. The lowest BCUT2D eigenvalue weighted by molar-refractivity contribution is 0.399. The molecule has 0 aliphatic heterocycles. The third kappa shape index (κ3) is 2.20. The Kier molecular flexibility index (Phi) is 2.96. The number of hydrogen-bond acceptors (Lipinski definition) is 5. The lowest BCUT2D eigenvalue weighted by atomic mass is 10.3. The van der Waals surface area contributed by atoms with E-state index in [0.717, 1.165) is 5.56 Å². The van der Waals surface area contributed by atoms with Crippen LogP contribution < -0.4 is 4.72 Å². The molecule has 2 rings (SSSR count). The van der Waals surface area contributed by atoms with Crippen molar-refractivity contribution in [2.75, 3.05) is 4.72 Å². The minimum Gasteiger partial charge on any atom is -0.359 e. The Morgan fingerprint density at radius 3 is 2.53 bits per heavy atom. The average molecular weight is 272 g/mol. The lowest BCUT2D eigenvalue weighted by Crippen LogP contribution is -2.13. The molecule has 1 N–H and O–H groups in total. The molecule has 0 bridgehead atoms. The normalized spacial score (nSPS) is 11.7. The summed E-state index contributed by atoms with van der Waals surface area (Å²) in [6, 6.07) is 1.76. The van der Waals surface area contributed by atoms with Crippen LogP contribution in [0.1, 0.15) is 16.9 Å². The summed E-state index contributed by atoms with van der Waals surface area (Å²) in [5.41, 5.74) is 1.42. The van der Waals surface area contributed by atoms with Gasteiger partial charge in [0.25, 0.3) is 10.0 Å². The molecule has 0 unspecified atom stereocenters. The number of nitrogens with one attached hydrogen (secondary N) is 1. The average Bonchev–Trinajstić information content (AvgIpc) is 2.80. The summed E-state index contributed by atoms with van der Waals surface area (Å²) in [5, 5.41) is 5.42. The number of anilines is 1. The van der Waals surface area contributed by atoms with E-state index in [1.807, 2.05) is 0 Å². The largest absolute Gasteiger partial charge is 0.359 e. The van der Waals surface area contributed by atoms with Gasteiger partial charge in [-0.15, -0.1) is 11.3 Å². The molecule has 92 valence electrons. The fourth-order valence-electron chi connectivity index (χ4n) is 1.32. The van der Waals surface area contributed by atoms with Crippen molar-refractivity contribution in [2.24, 2.45) is 0 Å². The lowest BCUT2D eigenvalue weighted by Gasteiger charge is -2.04. The predicted octanol–water partition coefficient (Wildman–Crippen LogP) is 2.46.